The first-order valence-electron chi connectivity index (χ1n) is 10.6. The molecule has 0 radical (unpaired) electrons. The van der Waals surface area contributed by atoms with E-state index in [-0.39, 0.29) is 28.3 Å². The highest BCUT2D eigenvalue weighted by atomic mass is 32.2. The molecule has 0 aliphatic carbocycles. The highest BCUT2D eigenvalue weighted by Gasteiger charge is 2.24. The van der Waals surface area contributed by atoms with Gasteiger partial charge in [0.1, 0.15) is 17.0 Å². The lowest BCUT2D eigenvalue weighted by Crippen LogP contribution is -2.40. The molecule has 0 amide bonds. The summed E-state index contributed by atoms with van der Waals surface area (Å²) in [7, 11) is -3.04. The number of ether oxygens (including phenoxy) is 1. The molecule has 11 nitrogen and oxygen atoms in total. The first-order valence-corrected chi connectivity index (χ1v) is 12.4. The maximum absolute atomic E-state index is 12.5. The number of aromatic amines is 1. The molecule has 0 bridgehead atoms. The van der Waals surface area contributed by atoms with Gasteiger partial charge in [0.2, 0.25) is 0 Å². The van der Waals surface area contributed by atoms with Crippen LogP contribution in [0.4, 0.5) is 11.6 Å². The Balaban J connectivity index is 1.62. The number of aromatic nitrogens is 3. The highest BCUT2D eigenvalue weighted by Crippen LogP contribution is 2.25. The van der Waals surface area contributed by atoms with Crippen molar-refractivity contribution in [3.05, 3.63) is 59.1 Å². The highest BCUT2D eigenvalue weighted by molar-refractivity contribution is 7.91. The Labute approximate surface area is 191 Å². The summed E-state index contributed by atoms with van der Waals surface area (Å²) in [5.41, 5.74) is 7.26. The van der Waals surface area contributed by atoms with E-state index in [1.807, 2.05) is 11.0 Å². The van der Waals surface area contributed by atoms with Crippen molar-refractivity contribution in [2.75, 3.05) is 61.1 Å². The molecule has 4 rings (SSSR count). The second kappa shape index (κ2) is 9.63. The van der Waals surface area contributed by atoms with Crippen molar-refractivity contribution in [3.8, 4) is 0 Å². The third-order valence-corrected chi connectivity index (χ3v) is 7.20. The Morgan fingerprint density at radius 3 is 2.64 bits per heavy atom. The van der Waals surface area contributed by atoms with E-state index >= 15 is 0 Å². The molecular formula is C21H27N7O4S. The van der Waals surface area contributed by atoms with Crippen molar-refractivity contribution in [3.63, 3.8) is 0 Å². The summed E-state index contributed by atoms with van der Waals surface area (Å²) in [6, 6.07) is 1.69. The summed E-state index contributed by atoms with van der Waals surface area (Å²) in [5, 5.41) is 3.40. The molecule has 2 aromatic heterocycles. The summed E-state index contributed by atoms with van der Waals surface area (Å²) in [6.45, 7) is 7.57. The third-order valence-electron chi connectivity index (χ3n) is 5.59. The van der Waals surface area contributed by atoms with Crippen molar-refractivity contribution in [1.29, 1.82) is 0 Å². The molecule has 4 heterocycles. The van der Waals surface area contributed by atoms with E-state index in [1.54, 1.807) is 12.1 Å². The van der Waals surface area contributed by atoms with Crippen molar-refractivity contribution < 1.29 is 13.2 Å². The van der Waals surface area contributed by atoms with Gasteiger partial charge in [-0.3, -0.25) is 4.79 Å². The molecule has 0 atom stereocenters. The summed E-state index contributed by atoms with van der Waals surface area (Å²) in [4.78, 5) is 28.0. The van der Waals surface area contributed by atoms with Gasteiger partial charge in [-0.25, -0.2) is 18.4 Å². The van der Waals surface area contributed by atoms with E-state index in [4.69, 9.17) is 10.5 Å². The van der Waals surface area contributed by atoms with E-state index < -0.39 is 9.84 Å². The number of hydrogen-bond donors (Lipinski definition) is 3. The molecule has 2 aromatic rings. The smallest absolute Gasteiger partial charge is 0.262 e. The Morgan fingerprint density at radius 1 is 1.21 bits per heavy atom. The van der Waals surface area contributed by atoms with E-state index in [9.17, 15) is 13.2 Å². The summed E-state index contributed by atoms with van der Waals surface area (Å²) in [6.07, 6.45) is 6.29. The Hall–Kier alpha value is -3.38. The molecule has 33 heavy (non-hydrogen) atoms. The lowest BCUT2D eigenvalue weighted by Gasteiger charge is -2.29. The van der Waals surface area contributed by atoms with Crippen molar-refractivity contribution in [2.24, 2.45) is 5.73 Å². The zero-order valence-corrected chi connectivity index (χ0v) is 19.0. The van der Waals surface area contributed by atoms with Crippen LogP contribution in [0.1, 0.15) is 0 Å². The number of pyridine rings is 1. The monoisotopic (exact) mass is 473 g/mol. The van der Waals surface area contributed by atoms with E-state index in [0.29, 0.717) is 43.3 Å². The summed E-state index contributed by atoms with van der Waals surface area (Å²) >= 11 is 0. The number of nitrogens with one attached hydrogen (secondary N) is 2. The van der Waals surface area contributed by atoms with Crippen LogP contribution in [0.5, 0.6) is 0 Å². The Bertz CT molecular complexity index is 1250. The number of H-pyrrole nitrogens is 1. The number of anilines is 2. The van der Waals surface area contributed by atoms with Gasteiger partial charge in [-0.2, -0.15) is 0 Å². The fourth-order valence-electron chi connectivity index (χ4n) is 3.69. The van der Waals surface area contributed by atoms with Gasteiger partial charge < -0.3 is 30.6 Å². The fourth-order valence-corrected chi connectivity index (χ4v) is 4.89. The van der Waals surface area contributed by atoms with E-state index in [1.165, 1.54) is 12.5 Å². The molecule has 2 aliphatic heterocycles. The molecule has 2 aliphatic rings. The minimum Gasteiger partial charge on any atom is -0.403 e. The fraction of sp³-hybridized carbons (Fsp3) is 0.381. The number of morpholine rings is 1. The first-order chi connectivity index (χ1) is 15.9. The van der Waals surface area contributed by atoms with Gasteiger partial charge in [0, 0.05) is 44.1 Å². The number of sulfone groups is 1. The second-order valence-corrected chi connectivity index (χ2v) is 10.1. The van der Waals surface area contributed by atoms with Crippen LogP contribution in [0.3, 0.4) is 0 Å². The lowest BCUT2D eigenvalue weighted by molar-refractivity contribution is 0.0556. The number of allylic oxidation sites excluding steroid dienone is 2. The van der Waals surface area contributed by atoms with Gasteiger partial charge in [0.25, 0.3) is 5.56 Å². The Morgan fingerprint density at radius 2 is 1.94 bits per heavy atom. The van der Waals surface area contributed by atoms with Crippen LogP contribution < -0.4 is 21.5 Å². The van der Waals surface area contributed by atoms with E-state index in [0.717, 1.165) is 18.8 Å². The minimum absolute atomic E-state index is 0.0542. The Kier molecular flexibility index (Phi) is 6.65. The molecule has 176 valence electrons. The quantitative estimate of drug-likeness (QED) is 0.496. The molecule has 2 saturated heterocycles. The molecule has 0 aromatic carbocycles. The van der Waals surface area contributed by atoms with Gasteiger partial charge in [0.05, 0.1) is 42.3 Å². The molecule has 0 unspecified atom stereocenters. The first kappa shape index (κ1) is 22.8. The van der Waals surface area contributed by atoms with Crippen molar-refractivity contribution in [2.45, 2.75) is 0 Å². The van der Waals surface area contributed by atoms with Crippen LogP contribution in [-0.2, 0) is 14.6 Å². The SMILES string of the molecule is C=C(/C=C\C(=C/N)Nc1nc(N2CCS(=O)(=O)CC2)cc2nc[nH]c(=O)c12)N1CCOCC1. The largest absolute Gasteiger partial charge is 0.403 e. The van der Waals surface area contributed by atoms with Crippen LogP contribution in [0.2, 0.25) is 0 Å². The van der Waals surface area contributed by atoms with Crippen LogP contribution >= 0.6 is 0 Å². The zero-order chi connectivity index (χ0) is 23.4. The topological polar surface area (TPSA) is 147 Å². The average molecular weight is 474 g/mol. The summed E-state index contributed by atoms with van der Waals surface area (Å²) in [5.74, 6) is 0.928. The van der Waals surface area contributed by atoms with E-state index in [2.05, 4.69) is 31.7 Å². The molecule has 0 spiro atoms. The predicted molar refractivity (Wildman–Crippen MR) is 128 cm³/mol. The standard InChI is InChI=1S/C21H27N7O4S/c1-15(27-4-8-32-9-5-27)2-3-16(13-22)25-20-19-17(23-14-24-21(19)29)12-18(26-20)28-6-10-33(30,31)11-7-28/h2-3,12-14H,1,4-11,22H2,(H,25,26)(H,23,24,29)/b3-2-,16-13+. The molecule has 0 saturated carbocycles. The number of nitrogens with two attached hydrogens (primary N) is 1. The van der Waals surface area contributed by atoms with Gasteiger partial charge in [-0.15, -0.1) is 0 Å². The maximum Gasteiger partial charge on any atom is 0.262 e. The minimum atomic E-state index is -3.04. The average Bonchev–Trinajstić information content (AvgIpc) is 2.81. The third kappa shape index (κ3) is 5.34. The number of rotatable bonds is 6. The number of fused-ring (bicyclic) bond motifs is 1. The zero-order valence-electron chi connectivity index (χ0n) is 18.2. The van der Waals surface area contributed by atoms with Crippen LogP contribution in [0.15, 0.2) is 53.5 Å². The predicted octanol–water partition coefficient (Wildman–Crippen LogP) is 0.167. The van der Waals surface area contributed by atoms with Crippen molar-refractivity contribution in [1.82, 2.24) is 19.9 Å². The van der Waals surface area contributed by atoms with Gasteiger partial charge in [0.15, 0.2) is 9.84 Å². The molecular weight excluding hydrogens is 446 g/mol. The van der Waals surface area contributed by atoms with Gasteiger partial charge in [-0.05, 0) is 12.2 Å². The molecule has 2 fully saturated rings. The number of hydrogen-bond acceptors (Lipinski definition) is 10. The van der Waals surface area contributed by atoms with Gasteiger partial charge >= 0.3 is 0 Å². The molecule has 4 N–H and O–H groups in total. The lowest BCUT2D eigenvalue weighted by atomic mass is 10.2. The van der Waals surface area contributed by atoms with Crippen molar-refractivity contribution >= 4 is 32.4 Å². The second-order valence-electron chi connectivity index (χ2n) is 7.76. The normalized spacial score (nSPS) is 19.2. The molecule has 12 heteroatoms. The number of nitrogens with zero attached hydrogens (tertiary/aromatic N) is 4. The van der Waals surface area contributed by atoms with Crippen LogP contribution in [-0.4, -0.2) is 79.2 Å². The maximum atomic E-state index is 12.5. The van der Waals surface area contributed by atoms with Crippen LogP contribution in [0, 0.1) is 0 Å². The van der Waals surface area contributed by atoms with Gasteiger partial charge in [-0.1, -0.05) is 6.58 Å². The summed E-state index contributed by atoms with van der Waals surface area (Å²) < 4.78 is 29.0. The van der Waals surface area contributed by atoms with Crippen LogP contribution in [0.25, 0.3) is 10.9 Å².